The van der Waals surface area contributed by atoms with E-state index in [1.54, 1.807) is 55.1 Å². The van der Waals surface area contributed by atoms with Crippen LogP contribution in [-0.4, -0.2) is 20.9 Å². The van der Waals surface area contributed by atoms with Gasteiger partial charge in [-0.1, -0.05) is 0 Å². The summed E-state index contributed by atoms with van der Waals surface area (Å²) in [6.07, 6.45) is 6.59. The monoisotopic (exact) mass is 331 g/mol. The van der Waals surface area contributed by atoms with E-state index in [2.05, 4.69) is 25.6 Å². The molecule has 0 fully saturated rings. The highest BCUT2D eigenvalue weighted by atomic mass is 16.3. The second-order valence-corrected chi connectivity index (χ2v) is 5.25. The lowest BCUT2D eigenvalue weighted by atomic mass is 10.2. The number of hydrogen-bond acceptors (Lipinski definition) is 6. The van der Waals surface area contributed by atoms with E-state index in [1.165, 1.54) is 0 Å². The number of anilines is 3. The molecule has 4 aromatic rings. The summed E-state index contributed by atoms with van der Waals surface area (Å²) in [5.41, 5.74) is 2.10. The predicted molar refractivity (Wildman–Crippen MR) is 93.7 cm³/mol. The number of amides is 1. The molecular formula is C18H13N5O2. The largest absolute Gasteiger partial charge is 0.451 e. The van der Waals surface area contributed by atoms with Gasteiger partial charge >= 0.3 is 0 Å². The van der Waals surface area contributed by atoms with Crippen LogP contribution in [0.5, 0.6) is 0 Å². The first-order valence-electron chi connectivity index (χ1n) is 7.57. The second kappa shape index (κ2) is 6.40. The zero-order chi connectivity index (χ0) is 17.1. The Morgan fingerprint density at radius 2 is 1.72 bits per heavy atom. The van der Waals surface area contributed by atoms with Crippen molar-refractivity contribution < 1.29 is 9.21 Å². The van der Waals surface area contributed by atoms with Gasteiger partial charge < -0.3 is 15.1 Å². The Kier molecular flexibility index (Phi) is 3.80. The van der Waals surface area contributed by atoms with Crippen LogP contribution in [0.3, 0.4) is 0 Å². The first kappa shape index (κ1) is 14.8. The summed E-state index contributed by atoms with van der Waals surface area (Å²) in [6, 6.07) is 12.4. The van der Waals surface area contributed by atoms with Crippen molar-refractivity contribution >= 4 is 34.2 Å². The standard InChI is InChI=1S/C18H13N5O2/c24-17(16-10-12-11-19-9-6-15(12)25-16)22-13-2-4-14(5-3-13)23-18-20-7-1-8-21-18/h1-11H,(H,22,24)(H,20,21,23). The summed E-state index contributed by atoms with van der Waals surface area (Å²) >= 11 is 0. The molecule has 0 saturated carbocycles. The molecule has 4 rings (SSSR count). The number of nitrogens with zero attached hydrogens (tertiary/aromatic N) is 3. The molecule has 0 aliphatic rings. The molecular weight excluding hydrogens is 318 g/mol. The summed E-state index contributed by atoms with van der Waals surface area (Å²) in [4.78, 5) is 24.5. The summed E-state index contributed by atoms with van der Waals surface area (Å²) in [5, 5.41) is 6.66. The summed E-state index contributed by atoms with van der Waals surface area (Å²) in [7, 11) is 0. The summed E-state index contributed by atoms with van der Waals surface area (Å²) in [6.45, 7) is 0. The van der Waals surface area contributed by atoms with E-state index in [0.717, 1.165) is 11.1 Å². The van der Waals surface area contributed by atoms with Crippen LogP contribution in [0, 0.1) is 0 Å². The molecule has 0 aliphatic carbocycles. The van der Waals surface area contributed by atoms with E-state index >= 15 is 0 Å². The van der Waals surface area contributed by atoms with Gasteiger partial charge in [0.25, 0.3) is 5.91 Å². The minimum absolute atomic E-state index is 0.239. The molecule has 0 unspecified atom stereocenters. The zero-order valence-corrected chi connectivity index (χ0v) is 13.0. The highest BCUT2D eigenvalue weighted by Crippen LogP contribution is 2.20. The minimum atomic E-state index is -0.316. The number of aromatic nitrogens is 3. The Morgan fingerprint density at radius 1 is 0.960 bits per heavy atom. The Morgan fingerprint density at radius 3 is 2.48 bits per heavy atom. The van der Waals surface area contributed by atoms with Crippen molar-refractivity contribution in [2.45, 2.75) is 0 Å². The van der Waals surface area contributed by atoms with Gasteiger partial charge in [0.1, 0.15) is 5.58 Å². The normalized spacial score (nSPS) is 10.6. The van der Waals surface area contributed by atoms with E-state index in [1.807, 2.05) is 12.1 Å². The van der Waals surface area contributed by atoms with E-state index < -0.39 is 0 Å². The molecule has 0 bridgehead atoms. The first-order chi connectivity index (χ1) is 12.3. The van der Waals surface area contributed by atoms with E-state index in [4.69, 9.17) is 4.42 Å². The van der Waals surface area contributed by atoms with Crippen molar-refractivity contribution in [1.29, 1.82) is 0 Å². The number of carbonyl (C=O) groups is 1. The maximum absolute atomic E-state index is 12.3. The zero-order valence-electron chi connectivity index (χ0n) is 13.0. The Bertz CT molecular complexity index is 980. The van der Waals surface area contributed by atoms with Gasteiger partial charge in [-0.05, 0) is 42.5 Å². The number of nitrogens with one attached hydrogen (secondary N) is 2. The Hall–Kier alpha value is -3.74. The van der Waals surface area contributed by atoms with Gasteiger partial charge in [-0.3, -0.25) is 9.78 Å². The van der Waals surface area contributed by atoms with Crippen LogP contribution in [-0.2, 0) is 0 Å². The van der Waals surface area contributed by atoms with Crippen molar-refractivity contribution in [2.24, 2.45) is 0 Å². The molecule has 3 heterocycles. The van der Waals surface area contributed by atoms with Gasteiger partial charge in [-0.2, -0.15) is 0 Å². The molecule has 7 heteroatoms. The van der Waals surface area contributed by atoms with Gasteiger partial charge in [-0.15, -0.1) is 0 Å². The number of benzene rings is 1. The maximum atomic E-state index is 12.3. The summed E-state index contributed by atoms with van der Waals surface area (Å²) in [5.74, 6) is 0.432. The quantitative estimate of drug-likeness (QED) is 0.593. The highest BCUT2D eigenvalue weighted by Gasteiger charge is 2.12. The van der Waals surface area contributed by atoms with Gasteiger partial charge in [-0.25, -0.2) is 9.97 Å². The molecule has 0 spiro atoms. The number of furan rings is 1. The molecule has 2 N–H and O–H groups in total. The number of hydrogen-bond donors (Lipinski definition) is 2. The molecule has 0 aliphatic heterocycles. The third kappa shape index (κ3) is 3.30. The molecule has 3 aromatic heterocycles. The number of pyridine rings is 1. The summed E-state index contributed by atoms with van der Waals surface area (Å²) < 4.78 is 5.52. The van der Waals surface area contributed by atoms with Crippen LogP contribution >= 0.6 is 0 Å². The van der Waals surface area contributed by atoms with Crippen LogP contribution in [0.15, 0.2) is 71.7 Å². The van der Waals surface area contributed by atoms with Crippen molar-refractivity contribution in [3.8, 4) is 0 Å². The van der Waals surface area contributed by atoms with E-state index in [0.29, 0.717) is 17.2 Å². The van der Waals surface area contributed by atoms with Gasteiger partial charge in [0, 0.05) is 41.5 Å². The molecule has 0 saturated heterocycles. The highest BCUT2D eigenvalue weighted by molar-refractivity contribution is 6.04. The second-order valence-electron chi connectivity index (χ2n) is 5.25. The third-order valence-corrected chi connectivity index (χ3v) is 3.51. The average molecular weight is 331 g/mol. The molecule has 1 amide bonds. The molecule has 7 nitrogen and oxygen atoms in total. The maximum Gasteiger partial charge on any atom is 0.291 e. The van der Waals surface area contributed by atoms with Crippen molar-refractivity contribution in [1.82, 2.24) is 15.0 Å². The Labute approximate surface area is 142 Å². The van der Waals surface area contributed by atoms with Crippen LogP contribution in [0.25, 0.3) is 11.0 Å². The minimum Gasteiger partial charge on any atom is -0.451 e. The average Bonchev–Trinajstić information content (AvgIpc) is 3.09. The fourth-order valence-electron chi connectivity index (χ4n) is 2.32. The van der Waals surface area contributed by atoms with Crippen molar-refractivity contribution in [2.75, 3.05) is 10.6 Å². The number of carbonyl (C=O) groups excluding carboxylic acids is 1. The number of rotatable bonds is 4. The van der Waals surface area contributed by atoms with Gasteiger partial charge in [0.2, 0.25) is 5.95 Å². The lowest BCUT2D eigenvalue weighted by Crippen LogP contribution is -2.10. The first-order valence-corrected chi connectivity index (χ1v) is 7.57. The third-order valence-electron chi connectivity index (χ3n) is 3.51. The molecule has 0 radical (unpaired) electrons. The lowest BCUT2D eigenvalue weighted by Gasteiger charge is -2.06. The Balaban J connectivity index is 1.46. The smallest absolute Gasteiger partial charge is 0.291 e. The van der Waals surface area contributed by atoms with Crippen LogP contribution in [0.4, 0.5) is 17.3 Å². The topological polar surface area (TPSA) is 92.9 Å². The molecule has 1 aromatic carbocycles. The SMILES string of the molecule is O=C(Nc1ccc(Nc2ncccn2)cc1)c1cc2cnccc2o1. The van der Waals surface area contributed by atoms with Crippen LogP contribution < -0.4 is 10.6 Å². The molecule has 122 valence electrons. The van der Waals surface area contributed by atoms with Crippen LogP contribution in [0.2, 0.25) is 0 Å². The van der Waals surface area contributed by atoms with E-state index in [-0.39, 0.29) is 11.7 Å². The lowest BCUT2D eigenvalue weighted by molar-refractivity contribution is 0.0998. The van der Waals surface area contributed by atoms with Gasteiger partial charge in [0.05, 0.1) is 0 Å². The fourth-order valence-corrected chi connectivity index (χ4v) is 2.32. The molecule has 25 heavy (non-hydrogen) atoms. The van der Waals surface area contributed by atoms with Crippen molar-refractivity contribution in [3.05, 3.63) is 73.0 Å². The molecule has 0 atom stereocenters. The van der Waals surface area contributed by atoms with Gasteiger partial charge in [0.15, 0.2) is 5.76 Å². The predicted octanol–water partition coefficient (Wildman–Crippen LogP) is 3.61. The fraction of sp³-hybridized carbons (Fsp3) is 0. The number of fused-ring (bicyclic) bond motifs is 1. The van der Waals surface area contributed by atoms with Crippen molar-refractivity contribution in [3.63, 3.8) is 0 Å². The van der Waals surface area contributed by atoms with E-state index in [9.17, 15) is 4.79 Å². The van der Waals surface area contributed by atoms with Crippen LogP contribution in [0.1, 0.15) is 10.6 Å².